The maximum atomic E-state index is 12.1. The summed E-state index contributed by atoms with van der Waals surface area (Å²) in [5, 5.41) is 2.94. The van der Waals surface area contributed by atoms with E-state index in [4.69, 9.17) is 5.73 Å². The van der Waals surface area contributed by atoms with Crippen molar-refractivity contribution >= 4 is 11.6 Å². The quantitative estimate of drug-likeness (QED) is 0.853. The highest BCUT2D eigenvalue weighted by molar-refractivity contribution is 5.92. The summed E-state index contributed by atoms with van der Waals surface area (Å²) in [6.07, 6.45) is 2.26. The second-order valence-corrected chi connectivity index (χ2v) is 5.92. The number of likely N-dealkylation sites (tertiary alicyclic amines) is 1. The molecule has 0 saturated carbocycles. The van der Waals surface area contributed by atoms with Gasteiger partial charge in [0.15, 0.2) is 0 Å². The van der Waals surface area contributed by atoms with E-state index in [0.717, 1.165) is 37.2 Å². The van der Waals surface area contributed by atoms with Crippen LogP contribution in [-0.2, 0) is 11.3 Å². The monoisotopic (exact) mass is 290 g/mol. The molecule has 1 aliphatic rings. The fraction of sp³-hybridized carbons (Fsp3) is 0.562. The highest BCUT2D eigenvalue weighted by Crippen LogP contribution is 2.14. The molecular weight excluding hydrogens is 264 g/mol. The molecule has 0 unspecified atom stereocenters. The minimum Gasteiger partial charge on any atom is -0.326 e. The Morgan fingerprint density at radius 3 is 2.43 bits per heavy atom. The molecule has 0 bridgehead atoms. The standard InChI is InChI=1S/C16H26N4O/c1-19(2)15-7-9-20(10-8-15)12-16(21)18-14-5-3-13(11-17)4-6-14/h3-6,15H,7-12,17H2,1-2H3,(H,18,21). The molecular formula is C16H26N4O. The van der Waals surface area contributed by atoms with Crippen molar-refractivity contribution < 1.29 is 4.79 Å². The number of amides is 1. The zero-order valence-corrected chi connectivity index (χ0v) is 13.0. The van der Waals surface area contributed by atoms with Crippen LogP contribution < -0.4 is 11.1 Å². The van der Waals surface area contributed by atoms with Gasteiger partial charge in [-0.3, -0.25) is 9.69 Å². The van der Waals surface area contributed by atoms with Crippen molar-refractivity contribution in [2.75, 3.05) is 39.0 Å². The van der Waals surface area contributed by atoms with E-state index in [2.05, 4.69) is 29.2 Å². The third kappa shape index (κ3) is 4.81. The van der Waals surface area contributed by atoms with E-state index < -0.39 is 0 Å². The predicted octanol–water partition coefficient (Wildman–Crippen LogP) is 1.11. The summed E-state index contributed by atoms with van der Waals surface area (Å²) < 4.78 is 0. The van der Waals surface area contributed by atoms with Crippen molar-refractivity contribution in [3.05, 3.63) is 29.8 Å². The number of carbonyl (C=O) groups excluding carboxylic acids is 1. The lowest BCUT2D eigenvalue weighted by atomic mass is 10.0. The van der Waals surface area contributed by atoms with Crippen LogP contribution in [0.15, 0.2) is 24.3 Å². The molecule has 1 aliphatic heterocycles. The van der Waals surface area contributed by atoms with Crippen LogP contribution in [0, 0.1) is 0 Å². The summed E-state index contributed by atoms with van der Waals surface area (Å²) >= 11 is 0. The molecule has 0 aliphatic carbocycles. The number of nitrogens with two attached hydrogens (primary N) is 1. The zero-order valence-electron chi connectivity index (χ0n) is 13.0. The first-order chi connectivity index (χ1) is 10.1. The molecule has 116 valence electrons. The Hall–Kier alpha value is -1.43. The molecule has 0 radical (unpaired) electrons. The fourth-order valence-corrected chi connectivity index (χ4v) is 2.72. The van der Waals surface area contributed by atoms with E-state index in [0.29, 0.717) is 19.1 Å². The van der Waals surface area contributed by atoms with Crippen molar-refractivity contribution in [2.24, 2.45) is 5.73 Å². The van der Waals surface area contributed by atoms with Gasteiger partial charge < -0.3 is 16.0 Å². The van der Waals surface area contributed by atoms with Gasteiger partial charge in [0, 0.05) is 31.4 Å². The lowest BCUT2D eigenvalue weighted by molar-refractivity contribution is -0.117. The smallest absolute Gasteiger partial charge is 0.238 e. The Balaban J connectivity index is 1.77. The summed E-state index contributed by atoms with van der Waals surface area (Å²) in [6, 6.07) is 8.33. The van der Waals surface area contributed by atoms with Gasteiger partial charge in [0.1, 0.15) is 0 Å². The summed E-state index contributed by atoms with van der Waals surface area (Å²) in [6.45, 7) is 2.97. The lowest BCUT2D eigenvalue weighted by Gasteiger charge is -2.34. The molecule has 0 atom stereocenters. The Morgan fingerprint density at radius 2 is 1.90 bits per heavy atom. The Morgan fingerprint density at radius 1 is 1.29 bits per heavy atom. The van der Waals surface area contributed by atoms with Crippen LogP contribution in [0.25, 0.3) is 0 Å². The molecule has 5 nitrogen and oxygen atoms in total. The molecule has 0 spiro atoms. The summed E-state index contributed by atoms with van der Waals surface area (Å²) in [4.78, 5) is 16.6. The van der Waals surface area contributed by atoms with Crippen LogP contribution in [-0.4, -0.2) is 55.5 Å². The van der Waals surface area contributed by atoms with Crippen molar-refractivity contribution in [3.8, 4) is 0 Å². The number of carbonyl (C=O) groups is 1. The van der Waals surface area contributed by atoms with Crippen molar-refractivity contribution in [2.45, 2.75) is 25.4 Å². The van der Waals surface area contributed by atoms with Gasteiger partial charge >= 0.3 is 0 Å². The van der Waals surface area contributed by atoms with Crippen LogP contribution >= 0.6 is 0 Å². The molecule has 1 aromatic carbocycles. The number of nitrogens with one attached hydrogen (secondary N) is 1. The summed E-state index contributed by atoms with van der Waals surface area (Å²) in [5.41, 5.74) is 7.46. The first-order valence-electron chi connectivity index (χ1n) is 7.56. The Labute approximate surface area is 127 Å². The van der Waals surface area contributed by atoms with Gasteiger partial charge in [0.2, 0.25) is 5.91 Å². The second-order valence-electron chi connectivity index (χ2n) is 5.92. The van der Waals surface area contributed by atoms with Gasteiger partial charge in [-0.15, -0.1) is 0 Å². The maximum Gasteiger partial charge on any atom is 0.238 e. The fourth-order valence-electron chi connectivity index (χ4n) is 2.72. The minimum absolute atomic E-state index is 0.0544. The van der Waals surface area contributed by atoms with E-state index in [1.54, 1.807) is 0 Å². The van der Waals surface area contributed by atoms with Gasteiger partial charge in [-0.2, -0.15) is 0 Å². The molecule has 1 heterocycles. The Bertz CT molecular complexity index is 450. The summed E-state index contributed by atoms with van der Waals surface area (Å²) in [5.74, 6) is 0.0544. The molecule has 1 fully saturated rings. The van der Waals surface area contributed by atoms with E-state index in [1.165, 1.54) is 0 Å². The number of rotatable bonds is 5. The molecule has 5 heteroatoms. The van der Waals surface area contributed by atoms with Gasteiger partial charge in [0.25, 0.3) is 0 Å². The second kappa shape index (κ2) is 7.54. The number of hydrogen-bond donors (Lipinski definition) is 2. The number of benzene rings is 1. The largest absolute Gasteiger partial charge is 0.326 e. The van der Waals surface area contributed by atoms with Crippen LogP contribution in [0.2, 0.25) is 0 Å². The Kier molecular flexibility index (Phi) is 5.73. The molecule has 1 amide bonds. The van der Waals surface area contributed by atoms with Crippen LogP contribution in [0.5, 0.6) is 0 Å². The average Bonchev–Trinajstić information content (AvgIpc) is 2.48. The number of anilines is 1. The SMILES string of the molecule is CN(C)C1CCN(CC(=O)Nc2ccc(CN)cc2)CC1. The third-order valence-corrected chi connectivity index (χ3v) is 4.13. The van der Waals surface area contributed by atoms with Crippen molar-refractivity contribution in [1.82, 2.24) is 9.80 Å². The molecule has 2 rings (SSSR count). The van der Waals surface area contributed by atoms with Crippen LogP contribution in [0.3, 0.4) is 0 Å². The predicted molar refractivity (Wildman–Crippen MR) is 86.1 cm³/mol. The zero-order chi connectivity index (χ0) is 15.2. The molecule has 21 heavy (non-hydrogen) atoms. The van der Waals surface area contributed by atoms with E-state index in [-0.39, 0.29) is 5.91 Å². The van der Waals surface area contributed by atoms with Gasteiger partial charge in [0.05, 0.1) is 6.54 Å². The van der Waals surface area contributed by atoms with E-state index in [1.807, 2.05) is 24.3 Å². The van der Waals surface area contributed by atoms with Crippen molar-refractivity contribution in [1.29, 1.82) is 0 Å². The molecule has 0 aromatic heterocycles. The highest BCUT2D eigenvalue weighted by Gasteiger charge is 2.21. The van der Waals surface area contributed by atoms with E-state index >= 15 is 0 Å². The van der Waals surface area contributed by atoms with Crippen LogP contribution in [0.1, 0.15) is 18.4 Å². The van der Waals surface area contributed by atoms with E-state index in [9.17, 15) is 4.79 Å². The van der Waals surface area contributed by atoms with Crippen LogP contribution in [0.4, 0.5) is 5.69 Å². The topological polar surface area (TPSA) is 61.6 Å². The third-order valence-electron chi connectivity index (χ3n) is 4.13. The average molecular weight is 290 g/mol. The molecule has 3 N–H and O–H groups in total. The first kappa shape index (κ1) is 15.9. The number of hydrogen-bond acceptors (Lipinski definition) is 4. The van der Waals surface area contributed by atoms with Crippen molar-refractivity contribution in [3.63, 3.8) is 0 Å². The molecule has 1 saturated heterocycles. The minimum atomic E-state index is 0.0544. The highest BCUT2D eigenvalue weighted by atomic mass is 16.2. The first-order valence-corrected chi connectivity index (χ1v) is 7.56. The lowest BCUT2D eigenvalue weighted by Crippen LogP contribution is -2.44. The van der Waals surface area contributed by atoms with Gasteiger partial charge in [-0.05, 0) is 44.6 Å². The normalized spacial score (nSPS) is 17.1. The molecule has 1 aromatic rings. The number of piperidine rings is 1. The summed E-state index contributed by atoms with van der Waals surface area (Å²) in [7, 11) is 4.25. The van der Waals surface area contributed by atoms with Gasteiger partial charge in [-0.1, -0.05) is 12.1 Å². The maximum absolute atomic E-state index is 12.1. The number of nitrogens with zero attached hydrogens (tertiary/aromatic N) is 2. The van der Waals surface area contributed by atoms with Gasteiger partial charge in [-0.25, -0.2) is 0 Å².